The van der Waals surface area contributed by atoms with Crippen LogP contribution in [-0.4, -0.2) is 36.1 Å². The predicted molar refractivity (Wildman–Crippen MR) is 77.0 cm³/mol. The van der Waals surface area contributed by atoms with E-state index in [1.165, 1.54) is 18.0 Å². The molecule has 19 heavy (non-hydrogen) atoms. The maximum Gasteiger partial charge on any atom is 0.148 e. The lowest BCUT2D eigenvalue weighted by atomic mass is 10.3. The summed E-state index contributed by atoms with van der Waals surface area (Å²) in [5.74, 6) is 7.96. The zero-order valence-electron chi connectivity index (χ0n) is 11.0. The summed E-state index contributed by atoms with van der Waals surface area (Å²) in [6, 6.07) is 0. The van der Waals surface area contributed by atoms with Crippen LogP contribution in [0.4, 0.5) is 5.82 Å². The van der Waals surface area contributed by atoms with E-state index >= 15 is 0 Å². The lowest BCUT2D eigenvalue weighted by Crippen LogP contribution is -2.13. The van der Waals surface area contributed by atoms with Gasteiger partial charge >= 0.3 is 0 Å². The lowest BCUT2D eigenvalue weighted by molar-refractivity contribution is 0.603. The van der Waals surface area contributed by atoms with Gasteiger partial charge in [-0.25, -0.2) is 24.2 Å². The molecule has 1 heterocycles. The number of nitrogen functional groups attached to an aromatic ring is 1. The molecule has 0 unspecified atom stereocenters. The third-order valence-electron chi connectivity index (χ3n) is 2.89. The van der Waals surface area contributed by atoms with E-state index in [9.17, 15) is 8.42 Å². The number of hydrogen-bond acceptors (Lipinski definition) is 7. The SMILES string of the molecule is Cc1c(NN)nc(C2CC2)nc1SCCS(C)(=O)=O. The molecule has 0 aromatic carbocycles. The second kappa shape index (κ2) is 5.64. The number of rotatable bonds is 6. The number of sulfone groups is 1. The quantitative estimate of drug-likeness (QED) is 0.351. The Labute approximate surface area is 117 Å². The summed E-state index contributed by atoms with van der Waals surface area (Å²) in [5, 5.41) is 0.813. The predicted octanol–water partition coefficient (Wildman–Crippen LogP) is 1.08. The van der Waals surface area contributed by atoms with Gasteiger partial charge in [0.1, 0.15) is 26.5 Å². The Balaban J connectivity index is 2.15. The molecule has 2 rings (SSSR count). The number of nitrogens with zero attached hydrogens (tertiary/aromatic N) is 2. The van der Waals surface area contributed by atoms with Gasteiger partial charge < -0.3 is 5.43 Å². The highest BCUT2D eigenvalue weighted by molar-refractivity contribution is 8.00. The van der Waals surface area contributed by atoms with Gasteiger partial charge in [0.15, 0.2) is 0 Å². The average Bonchev–Trinajstić information content (AvgIpc) is 3.13. The molecular weight excluding hydrogens is 284 g/mol. The largest absolute Gasteiger partial charge is 0.308 e. The van der Waals surface area contributed by atoms with Crippen LogP contribution < -0.4 is 11.3 Å². The number of hydrogen-bond donors (Lipinski definition) is 2. The maximum atomic E-state index is 11.1. The van der Waals surface area contributed by atoms with Gasteiger partial charge in [-0.15, -0.1) is 11.8 Å². The fourth-order valence-electron chi connectivity index (χ4n) is 1.61. The van der Waals surface area contributed by atoms with Gasteiger partial charge in [-0.1, -0.05) is 0 Å². The van der Waals surface area contributed by atoms with Crippen molar-refractivity contribution in [3.63, 3.8) is 0 Å². The smallest absolute Gasteiger partial charge is 0.148 e. The van der Waals surface area contributed by atoms with Crippen molar-refractivity contribution in [2.24, 2.45) is 5.84 Å². The highest BCUT2D eigenvalue weighted by Gasteiger charge is 2.28. The van der Waals surface area contributed by atoms with E-state index in [0.29, 0.717) is 17.5 Å². The number of thioether (sulfide) groups is 1. The molecule has 106 valence electrons. The summed E-state index contributed by atoms with van der Waals surface area (Å²) in [6.07, 6.45) is 3.46. The van der Waals surface area contributed by atoms with Crippen molar-refractivity contribution in [3.8, 4) is 0 Å². The van der Waals surface area contributed by atoms with Gasteiger partial charge in [0.25, 0.3) is 0 Å². The minimum Gasteiger partial charge on any atom is -0.308 e. The number of aromatic nitrogens is 2. The molecule has 1 aromatic rings. The zero-order valence-corrected chi connectivity index (χ0v) is 12.6. The van der Waals surface area contributed by atoms with E-state index in [1.54, 1.807) is 0 Å². The first-order chi connectivity index (χ1) is 8.90. The highest BCUT2D eigenvalue weighted by atomic mass is 32.2. The molecule has 3 N–H and O–H groups in total. The molecule has 0 spiro atoms. The minimum atomic E-state index is -2.94. The summed E-state index contributed by atoms with van der Waals surface area (Å²) >= 11 is 1.44. The van der Waals surface area contributed by atoms with Gasteiger partial charge in [0, 0.05) is 23.5 Å². The van der Waals surface area contributed by atoms with Crippen molar-refractivity contribution in [3.05, 3.63) is 11.4 Å². The maximum absolute atomic E-state index is 11.1. The highest BCUT2D eigenvalue weighted by Crippen LogP contribution is 2.39. The molecule has 0 bridgehead atoms. The first-order valence-electron chi connectivity index (χ1n) is 6.06. The Morgan fingerprint density at radius 1 is 1.42 bits per heavy atom. The van der Waals surface area contributed by atoms with Gasteiger partial charge in [0.2, 0.25) is 0 Å². The van der Waals surface area contributed by atoms with Crippen LogP contribution in [-0.2, 0) is 9.84 Å². The van der Waals surface area contributed by atoms with Crippen LogP contribution in [0.1, 0.15) is 30.1 Å². The van der Waals surface area contributed by atoms with Crippen LogP contribution in [0, 0.1) is 6.92 Å². The molecule has 6 nitrogen and oxygen atoms in total. The molecule has 0 saturated heterocycles. The monoisotopic (exact) mass is 302 g/mol. The van der Waals surface area contributed by atoms with E-state index in [1.807, 2.05) is 6.92 Å². The van der Waals surface area contributed by atoms with Crippen molar-refractivity contribution in [2.45, 2.75) is 30.7 Å². The summed E-state index contributed by atoms with van der Waals surface area (Å²) < 4.78 is 22.3. The van der Waals surface area contributed by atoms with E-state index in [2.05, 4.69) is 15.4 Å². The normalized spacial score (nSPS) is 15.5. The van der Waals surface area contributed by atoms with Gasteiger partial charge in [0.05, 0.1) is 5.75 Å². The minimum absolute atomic E-state index is 0.144. The molecule has 1 saturated carbocycles. The molecule has 1 fully saturated rings. The van der Waals surface area contributed by atoms with Crippen LogP contribution in [0.25, 0.3) is 0 Å². The zero-order chi connectivity index (χ0) is 14.0. The average molecular weight is 302 g/mol. The second-order valence-electron chi connectivity index (χ2n) is 4.76. The molecule has 1 aromatic heterocycles. The third kappa shape index (κ3) is 4.05. The first kappa shape index (κ1) is 14.5. The Morgan fingerprint density at radius 2 is 2.11 bits per heavy atom. The summed E-state index contributed by atoms with van der Waals surface area (Å²) in [5.41, 5.74) is 3.45. The summed E-state index contributed by atoms with van der Waals surface area (Å²) in [6.45, 7) is 1.88. The third-order valence-corrected chi connectivity index (χ3v) is 5.17. The molecule has 0 atom stereocenters. The van der Waals surface area contributed by atoms with Gasteiger partial charge in [-0.2, -0.15) is 0 Å². The second-order valence-corrected chi connectivity index (χ2v) is 8.10. The number of nitrogens with two attached hydrogens (primary N) is 1. The van der Waals surface area contributed by atoms with E-state index in [-0.39, 0.29) is 5.75 Å². The molecule has 0 aliphatic heterocycles. The van der Waals surface area contributed by atoms with E-state index in [4.69, 9.17) is 5.84 Å². The summed E-state index contributed by atoms with van der Waals surface area (Å²) in [4.78, 5) is 8.92. The number of nitrogens with one attached hydrogen (secondary N) is 1. The van der Waals surface area contributed by atoms with Gasteiger partial charge in [-0.3, -0.25) is 0 Å². The van der Waals surface area contributed by atoms with Crippen LogP contribution >= 0.6 is 11.8 Å². The molecular formula is C11H18N4O2S2. The fraction of sp³-hybridized carbons (Fsp3) is 0.636. The van der Waals surface area contributed by atoms with Crippen LogP contribution in [0.15, 0.2) is 5.03 Å². The van der Waals surface area contributed by atoms with Crippen molar-refractivity contribution < 1.29 is 8.42 Å². The van der Waals surface area contributed by atoms with E-state index in [0.717, 1.165) is 29.3 Å². The number of anilines is 1. The van der Waals surface area contributed by atoms with Crippen molar-refractivity contribution in [1.82, 2.24) is 9.97 Å². The van der Waals surface area contributed by atoms with Crippen molar-refractivity contribution in [2.75, 3.05) is 23.2 Å². The Kier molecular flexibility index (Phi) is 4.32. The van der Waals surface area contributed by atoms with E-state index < -0.39 is 9.84 Å². The topological polar surface area (TPSA) is 98.0 Å². The first-order valence-corrected chi connectivity index (χ1v) is 9.11. The molecule has 1 aliphatic rings. The summed E-state index contributed by atoms with van der Waals surface area (Å²) in [7, 11) is -2.94. The van der Waals surface area contributed by atoms with Crippen LogP contribution in [0.2, 0.25) is 0 Å². The fourth-order valence-corrected chi connectivity index (χ4v) is 3.82. The Hall–Kier alpha value is -0.860. The van der Waals surface area contributed by atoms with Crippen molar-refractivity contribution >= 4 is 27.4 Å². The molecule has 0 amide bonds. The molecule has 1 aliphatic carbocycles. The lowest BCUT2D eigenvalue weighted by Gasteiger charge is -2.11. The standard InChI is InChI=1S/C11H18N4O2S2/c1-7-9(15-12)13-10(8-3-4-8)14-11(7)18-5-6-19(2,16)17/h8H,3-6,12H2,1-2H3,(H,13,14,15). The molecule has 0 radical (unpaired) electrons. The van der Waals surface area contributed by atoms with Crippen LogP contribution in [0.3, 0.4) is 0 Å². The van der Waals surface area contributed by atoms with Crippen LogP contribution in [0.5, 0.6) is 0 Å². The number of hydrazine groups is 1. The molecule has 8 heteroatoms. The Bertz CT molecular complexity index is 570. The van der Waals surface area contributed by atoms with Crippen molar-refractivity contribution in [1.29, 1.82) is 0 Å². The Morgan fingerprint density at radius 3 is 2.63 bits per heavy atom. The van der Waals surface area contributed by atoms with Gasteiger partial charge in [-0.05, 0) is 19.8 Å².